The molecule has 0 aliphatic carbocycles. The van der Waals surface area contributed by atoms with E-state index >= 15 is 0 Å². The maximum atomic E-state index is 9.31. The summed E-state index contributed by atoms with van der Waals surface area (Å²) in [6.45, 7) is 2.97. The first-order chi connectivity index (χ1) is 6.74. The summed E-state index contributed by atoms with van der Waals surface area (Å²) in [7, 11) is 0. The zero-order valence-corrected chi connectivity index (χ0v) is 8.53. The van der Waals surface area contributed by atoms with E-state index in [0.717, 1.165) is 31.5 Å². The first kappa shape index (κ1) is 9.80. The van der Waals surface area contributed by atoms with Crippen LogP contribution in [-0.4, -0.2) is 34.1 Å². The Kier molecular flexibility index (Phi) is 2.65. The molecule has 14 heavy (non-hydrogen) atoms. The molecule has 2 aliphatic rings. The van der Waals surface area contributed by atoms with Crippen LogP contribution >= 0.6 is 0 Å². The summed E-state index contributed by atoms with van der Waals surface area (Å²) < 4.78 is 0. The minimum Gasteiger partial charge on any atom is -0.367 e. The topological polar surface area (TPSA) is 55.7 Å². The molecule has 0 spiro atoms. The molecule has 2 aliphatic heterocycles. The van der Waals surface area contributed by atoms with Gasteiger partial charge in [0.05, 0.1) is 11.9 Å². The largest absolute Gasteiger partial charge is 0.367 e. The predicted octanol–water partition coefficient (Wildman–Crippen LogP) is 0.334. The monoisotopic (exact) mass is 198 g/mol. The molecule has 1 fully saturated rings. The maximum Gasteiger partial charge on any atom is 0.195 e. The third-order valence-electron chi connectivity index (χ3n) is 3.06. The molecule has 0 bridgehead atoms. The van der Waals surface area contributed by atoms with Gasteiger partial charge >= 0.3 is 0 Å². The Labute approximate surface area is 84.2 Å². The van der Waals surface area contributed by atoms with Crippen LogP contribution in [0.1, 0.15) is 32.6 Å². The molecule has 0 aromatic heterocycles. The van der Waals surface area contributed by atoms with Gasteiger partial charge in [0.25, 0.3) is 0 Å². The van der Waals surface area contributed by atoms with Crippen LogP contribution in [-0.2, 0) is 0 Å². The number of nitrogens with one attached hydrogen (secondary N) is 1. The summed E-state index contributed by atoms with van der Waals surface area (Å²) in [5.74, 6) is 0. The summed E-state index contributed by atoms with van der Waals surface area (Å²) in [5.41, 5.74) is 1.68. The van der Waals surface area contributed by atoms with Crippen LogP contribution < -0.4 is 5.32 Å². The molecule has 0 unspecified atom stereocenters. The molecule has 1 atom stereocenters. The first-order valence-corrected chi connectivity index (χ1v) is 5.36. The molecule has 2 heterocycles. The van der Waals surface area contributed by atoms with Crippen molar-refractivity contribution >= 4 is 0 Å². The lowest BCUT2D eigenvalue weighted by molar-refractivity contribution is -0.0332. The highest BCUT2D eigenvalue weighted by molar-refractivity contribution is 5.21. The van der Waals surface area contributed by atoms with E-state index in [4.69, 9.17) is 0 Å². The summed E-state index contributed by atoms with van der Waals surface area (Å²) >= 11 is 0. The zero-order valence-electron chi connectivity index (χ0n) is 8.53. The van der Waals surface area contributed by atoms with Crippen molar-refractivity contribution in [3.8, 4) is 0 Å². The minimum absolute atomic E-state index is 0.301. The second kappa shape index (κ2) is 3.79. The molecule has 80 valence electrons. The van der Waals surface area contributed by atoms with Gasteiger partial charge in [0.15, 0.2) is 6.29 Å². The fourth-order valence-electron chi connectivity index (χ4n) is 2.41. The van der Waals surface area contributed by atoms with Crippen molar-refractivity contribution in [2.75, 3.05) is 6.54 Å². The maximum absolute atomic E-state index is 9.31. The molecule has 4 nitrogen and oxygen atoms in total. The summed E-state index contributed by atoms with van der Waals surface area (Å²) in [5, 5.41) is 22.0. The fourth-order valence-corrected chi connectivity index (χ4v) is 2.41. The van der Waals surface area contributed by atoms with E-state index in [0.29, 0.717) is 11.9 Å². The van der Waals surface area contributed by atoms with Gasteiger partial charge in [-0.05, 0) is 25.7 Å². The predicted molar refractivity (Wildman–Crippen MR) is 53.0 cm³/mol. The van der Waals surface area contributed by atoms with Crippen molar-refractivity contribution in [3.63, 3.8) is 0 Å². The Morgan fingerprint density at radius 1 is 1.50 bits per heavy atom. The molecule has 4 heteroatoms. The van der Waals surface area contributed by atoms with E-state index in [1.54, 1.807) is 0 Å². The lowest BCUT2D eigenvalue weighted by Crippen LogP contribution is -2.42. The molecule has 0 saturated carbocycles. The third kappa shape index (κ3) is 1.48. The minimum atomic E-state index is -1.33. The molecule has 3 N–H and O–H groups in total. The van der Waals surface area contributed by atoms with Crippen LogP contribution in [0.3, 0.4) is 0 Å². The number of hydrogen-bond donors (Lipinski definition) is 3. The van der Waals surface area contributed by atoms with E-state index in [1.807, 2.05) is 6.92 Å². The van der Waals surface area contributed by atoms with Crippen molar-refractivity contribution in [2.45, 2.75) is 45.1 Å². The van der Waals surface area contributed by atoms with Crippen LogP contribution in [0, 0.1) is 0 Å². The van der Waals surface area contributed by atoms with Crippen molar-refractivity contribution in [1.29, 1.82) is 0 Å². The van der Waals surface area contributed by atoms with Gasteiger partial charge in [-0.25, -0.2) is 0 Å². The Morgan fingerprint density at radius 3 is 2.93 bits per heavy atom. The second-order valence-corrected chi connectivity index (χ2v) is 3.94. The average Bonchev–Trinajstić information content (AvgIpc) is 2.55. The highest BCUT2D eigenvalue weighted by Gasteiger charge is 2.34. The molecule has 2 rings (SSSR count). The van der Waals surface area contributed by atoms with Crippen LogP contribution in [0.25, 0.3) is 0 Å². The number of nitrogens with zero attached hydrogens (tertiary/aromatic N) is 1. The highest BCUT2D eigenvalue weighted by atomic mass is 16.5. The van der Waals surface area contributed by atoms with Gasteiger partial charge in [-0.15, -0.1) is 0 Å². The van der Waals surface area contributed by atoms with Gasteiger partial charge in [-0.2, -0.15) is 0 Å². The average molecular weight is 198 g/mol. The molecular weight excluding hydrogens is 180 g/mol. The first-order valence-electron chi connectivity index (χ1n) is 5.36. The van der Waals surface area contributed by atoms with E-state index in [1.165, 1.54) is 6.42 Å². The Morgan fingerprint density at radius 2 is 2.29 bits per heavy atom. The highest BCUT2D eigenvalue weighted by Crippen LogP contribution is 2.30. The molecule has 0 radical (unpaired) electrons. The SMILES string of the molecule is CCC1=C(C(O)O)N2CCCC[C@@H]2N1. The smallest absolute Gasteiger partial charge is 0.195 e. The van der Waals surface area contributed by atoms with Crippen LogP contribution in [0.15, 0.2) is 11.4 Å². The Bertz CT molecular complexity index is 251. The standard InChI is InChI=1S/C10H18N2O2/c1-2-7-9(10(13)14)12-6-4-3-5-8(12)11-7/h8,10-11,13-14H,2-6H2,1H3/t8-/m1/s1. The summed E-state index contributed by atoms with van der Waals surface area (Å²) in [6, 6.07) is 0. The van der Waals surface area contributed by atoms with Crippen LogP contribution in [0.4, 0.5) is 0 Å². The number of aliphatic hydroxyl groups is 2. The lowest BCUT2D eigenvalue weighted by atomic mass is 10.1. The molecule has 0 aromatic rings. The Hall–Kier alpha value is -0.740. The molecule has 0 amide bonds. The van der Waals surface area contributed by atoms with Crippen LogP contribution in [0.5, 0.6) is 0 Å². The van der Waals surface area contributed by atoms with E-state index in [-0.39, 0.29) is 0 Å². The van der Waals surface area contributed by atoms with Crippen molar-refractivity contribution in [1.82, 2.24) is 10.2 Å². The molecule has 1 saturated heterocycles. The number of rotatable bonds is 2. The van der Waals surface area contributed by atoms with Gasteiger partial charge in [0.1, 0.15) is 0 Å². The van der Waals surface area contributed by atoms with Crippen molar-refractivity contribution in [3.05, 3.63) is 11.4 Å². The number of fused-ring (bicyclic) bond motifs is 1. The lowest BCUT2D eigenvalue weighted by Gasteiger charge is -2.33. The quantitative estimate of drug-likeness (QED) is 0.560. The van der Waals surface area contributed by atoms with E-state index < -0.39 is 6.29 Å². The normalized spacial score (nSPS) is 26.9. The van der Waals surface area contributed by atoms with E-state index in [2.05, 4.69) is 10.2 Å². The Balaban J connectivity index is 2.21. The number of piperidine rings is 1. The van der Waals surface area contributed by atoms with Gasteiger partial charge in [0.2, 0.25) is 0 Å². The third-order valence-corrected chi connectivity index (χ3v) is 3.06. The van der Waals surface area contributed by atoms with Crippen LogP contribution in [0.2, 0.25) is 0 Å². The number of hydrogen-bond acceptors (Lipinski definition) is 4. The van der Waals surface area contributed by atoms with Gasteiger partial charge in [0, 0.05) is 12.2 Å². The van der Waals surface area contributed by atoms with Gasteiger partial charge in [-0.3, -0.25) is 0 Å². The van der Waals surface area contributed by atoms with Crippen molar-refractivity contribution < 1.29 is 10.2 Å². The van der Waals surface area contributed by atoms with E-state index in [9.17, 15) is 10.2 Å². The number of aliphatic hydroxyl groups excluding tert-OH is 1. The fraction of sp³-hybridized carbons (Fsp3) is 0.800. The number of allylic oxidation sites excluding steroid dienone is 1. The molecular formula is C10H18N2O2. The zero-order chi connectivity index (χ0) is 10.1. The second-order valence-electron chi connectivity index (χ2n) is 3.94. The van der Waals surface area contributed by atoms with Crippen molar-refractivity contribution in [2.24, 2.45) is 0 Å². The van der Waals surface area contributed by atoms with Gasteiger partial charge < -0.3 is 20.4 Å². The van der Waals surface area contributed by atoms with Gasteiger partial charge in [-0.1, -0.05) is 6.92 Å². The molecule has 0 aromatic carbocycles. The summed E-state index contributed by atoms with van der Waals surface area (Å²) in [6.07, 6.45) is 3.27. The summed E-state index contributed by atoms with van der Waals surface area (Å²) in [4.78, 5) is 2.10.